The van der Waals surface area contributed by atoms with Gasteiger partial charge in [0, 0.05) is 38.4 Å². The summed E-state index contributed by atoms with van der Waals surface area (Å²) >= 11 is 0. The highest BCUT2D eigenvalue weighted by Crippen LogP contribution is 2.10. The molecular weight excluding hydrogens is 242 g/mol. The molecule has 19 heavy (non-hydrogen) atoms. The highest BCUT2D eigenvalue weighted by Gasteiger charge is 2.24. The van der Waals surface area contributed by atoms with Crippen molar-refractivity contribution in [2.75, 3.05) is 26.3 Å². The van der Waals surface area contributed by atoms with E-state index in [1.54, 1.807) is 0 Å². The molecule has 1 aromatic heterocycles. The Morgan fingerprint density at radius 2 is 2.42 bits per heavy atom. The van der Waals surface area contributed by atoms with Crippen LogP contribution in [0.3, 0.4) is 0 Å². The lowest BCUT2D eigenvalue weighted by atomic mass is 10.2. The zero-order valence-corrected chi connectivity index (χ0v) is 11.9. The standard InChI is InChI=1S/C14H23N3O2/c1-11(17-7-8-19-10-12(17)2)9-15-14(18)13-5-4-6-16(13)3/h4-6,11-12H,7-10H2,1-3H3,(H,15,18)/t11-,12-/m1/s1. The van der Waals surface area contributed by atoms with E-state index in [0.717, 1.165) is 19.8 Å². The van der Waals surface area contributed by atoms with Gasteiger partial charge in [-0.05, 0) is 26.0 Å². The van der Waals surface area contributed by atoms with Crippen molar-refractivity contribution in [1.82, 2.24) is 14.8 Å². The van der Waals surface area contributed by atoms with Crippen LogP contribution in [0.4, 0.5) is 0 Å². The molecule has 1 fully saturated rings. The maximum Gasteiger partial charge on any atom is 0.267 e. The van der Waals surface area contributed by atoms with Gasteiger partial charge in [-0.1, -0.05) is 0 Å². The fourth-order valence-electron chi connectivity index (χ4n) is 2.54. The third-order valence-electron chi connectivity index (χ3n) is 3.72. The molecular formula is C14H23N3O2. The molecule has 0 spiro atoms. The van der Waals surface area contributed by atoms with Crippen LogP contribution in [0.1, 0.15) is 24.3 Å². The number of nitrogens with one attached hydrogen (secondary N) is 1. The lowest BCUT2D eigenvalue weighted by Crippen LogP contribution is -2.52. The minimum absolute atomic E-state index is 0.0136. The van der Waals surface area contributed by atoms with Crippen LogP contribution >= 0.6 is 0 Å². The van der Waals surface area contributed by atoms with Crippen LogP contribution < -0.4 is 5.32 Å². The molecule has 2 rings (SSSR count). The number of hydrogen-bond acceptors (Lipinski definition) is 3. The van der Waals surface area contributed by atoms with E-state index in [1.165, 1.54) is 0 Å². The van der Waals surface area contributed by atoms with Gasteiger partial charge in [-0.25, -0.2) is 0 Å². The molecule has 1 saturated heterocycles. The average Bonchev–Trinajstić information content (AvgIpc) is 2.82. The van der Waals surface area contributed by atoms with Crippen LogP contribution in [-0.4, -0.2) is 53.8 Å². The van der Waals surface area contributed by atoms with Crippen LogP contribution in [0, 0.1) is 0 Å². The third-order valence-corrected chi connectivity index (χ3v) is 3.72. The Kier molecular flexibility index (Phi) is 4.61. The molecule has 0 bridgehead atoms. The van der Waals surface area contributed by atoms with E-state index in [4.69, 9.17) is 4.74 Å². The first-order valence-electron chi connectivity index (χ1n) is 6.82. The summed E-state index contributed by atoms with van der Waals surface area (Å²) in [7, 11) is 1.88. The lowest BCUT2D eigenvalue weighted by molar-refractivity contribution is -0.0178. The van der Waals surface area contributed by atoms with E-state index in [-0.39, 0.29) is 5.91 Å². The number of carbonyl (C=O) groups excluding carboxylic acids is 1. The smallest absolute Gasteiger partial charge is 0.267 e. The zero-order chi connectivity index (χ0) is 13.8. The Labute approximate surface area is 114 Å². The maximum absolute atomic E-state index is 12.0. The lowest BCUT2D eigenvalue weighted by Gasteiger charge is -2.37. The molecule has 1 N–H and O–H groups in total. The Hall–Kier alpha value is -1.33. The molecule has 0 unspecified atom stereocenters. The fraction of sp³-hybridized carbons (Fsp3) is 0.643. The first kappa shape index (κ1) is 14.1. The molecule has 1 aliphatic heterocycles. The van der Waals surface area contributed by atoms with Gasteiger partial charge in [-0.15, -0.1) is 0 Å². The highest BCUT2D eigenvalue weighted by molar-refractivity contribution is 5.92. The van der Waals surface area contributed by atoms with Crippen LogP contribution in [0.25, 0.3) is 0 Å². The van der Waals surface area contributed by atoms with Crippen molar-refractivity contribution in [3.05, 3.63) is 24.0 Å². The van der Waals surface area contributed by atoms with E-state index in [2.05, 4.69) is 24.1 Å². The average molecular weight is 265 g/mol. The van der Waals surface area contributed by atoms with Gasteiger partial charge in [-0.3, -0.25) is 9.69 Å². The molecule has 0 saturated carbocycles. The molecule has 5 heteroatoms. The number of rotatable bonds is 4. The Balaban J connectivity index is 1.84. The van der Waals surface area contributed by atoms with E-state index in [0.29, 0.717) is 24.3 Å². The van der Waals surface area contributed by atoms with Crippen LogP contribution in [0.15, 0.2) is 18.3 Å². The van der Waals surface area contributed by atoms with E-state index in [9.17, 15) is 4.79 Å². The Bertz CT molecular complexity index is 430. The SMILES string of the molecule is C[C@H](CNC(=O)c1cccn1C)N1CCOC[C@H]1C. The number of hydrogen-bond donors (Lipinski definition) is 1. The predicted molar refractivity (Wildman–Crippen MR) is 74.2 cm³/mol. The van der Waals surface area contributed by atoms with E-state index in [1.807, 2.05) is 29.9 Å². The van der Waals surface area contributed by atoms with Crippen molar-refractivity contribution in [3.63, 3.8) is 0 Å². The molecule has 106 valence electrons. The first-order chi connectivity index (χ1) is 9.09. The number of aromatic nitrogens is 1. The molecule has 1 aromatic rings. The second-order valence-corrected chi connectivity index (χ2v) is 5.23. The normalized spacial score (nSPS) is 22.2. The minimum atomic E-state index is -0.0136. The number of nitrogens with zero attached hydrogens (tertiary/aromatic N) is 2. The summed E-state index contributed by atoms with van der Waals surface area (Å²) in [5, 5.41) is 3.00. The van der Waals surface area contributed by atoms with Crippen molar-refractivity contribution in [2.45, 2.75) is 25.9 Å². The van der Waals surface area contributed by atoms with Gasteiger partial charge < -0.3 is 14.6 Å². The van der Waals surface area contributed by atoms with Gasteiger partial charge in [0.05, 0.1) is 13.2 Å². The van der Waals surface area contributed by atoms with Crippen molar-refractivity contribution in [2.24, 2.45) is 7.05 Å². The summed E-state index contributed by atoms with van der Waals surface area (Å²) in [6, 6.07) is 4.44. The van der Waals surface area contributed by atoms with Crippen molar-refractivity contribution >= 4 is 5.91 Å². The van der Waals surface area contributed by atoms with E-state index >= 15 is 0 Å². The molecule has 0 aromatic carbocycles. The van der Waals surface area contributed by atoms with Gasteiger partial charge in [0.1, 0.15) is 5.69 Å². The van der Waals surface area contributed by atoms with Crippen molar-refractivity contribution in [1.29, 1.82) is 0 Å². The quantitative estimate of drug-likeness (QED) is 0.878. The largest absolute Gasteiger partial charge is 0.379 e. The topological polar surface area (TPSA) is 46.5 Å². The molecule has 2 heterocycles. The zero-order valence-electron chi connectivity index (χ0n) is 11.9. The molecule has 5 nitrogen and oxygen atoms in total. The highest BCUT2D eigenvalue weighted by atomic mass is 16.5. The molecule has 2 atom stereocenters. The molecule has 1 aliphatic rings. The van der Waals surface area contributed by atoms with Crippen LogP contribution in [0.5, 0.6) is 0 Å². The van der Waals surface area contributed by atoms with E-state index < -0.39 is 0 Å². The summed E-state index contributed by atoms with van der Waals surface area (Å²) < 4.78 is 7.26. The fourth-order valence-corrected chi connectivity index (χ4v) is 2.54. The molecule has 0 aliphatic carbocycles. The van der Waals surface area contributed by atoms with Gasteiger partial charge in [0.2, 0.25) is 0 Å². The number of amides is 1. The maximum atomic E-state index is 12.0. The van der Waals surface area contributed by atoms with Crippen molar-refractivity contribution < 1.29 is 9.53 Å². The number of aryl methyl sites for hydroxylation is 1. The monoisotopic (exact) mass is 265 g/mol. The van der Waals surface area contributed by atoms with Crippen LogP contribution in [0.2, 0.25) is 0 Å². The van der Waals surface area contributed by atoms with Gasteiger partial charge in [0.15, 0.2) is 0 Å². The Morgan fingerprint density at radius 3 is 3.05 bits per heavy atom. The summed E-state index contributed by atoms with van der Waals surface area (Å²) in [6.45, 7) is 7.45. The summed E-state index contributed by atoms with van der Waals surface area (Å²) in [5.74, 6) is -0.0136. The second-order valence-electron chi connectivity index (χ2n) is 5.23. The molecule has 1 amide bonds. The second kappa shape index (κ2) is 6.21. The first-order valence-corrected chi connectivity index (χ1v) is 6.82. The van der Waals surface area contributed by atoms with Gasteiger partial charge in [0.25, 0.3) is 5.91 Å². The van der Waals surface area contributed by atoms with Crippen LogP contribution in [-0.2, 0) is 11.8 Å². The molecule has 0 radical (unpaired) electrons. The Morgan fingerprint density at radius 1 is 1.63 bits per heavy atom. The van der Waals surface area contributed by atoms with Gasteiger partial charge in [-0.2, -0.15) is 0 Å². The number of carbonyl (C=O) groups is 1. The number of ether oxygens (including phenoxy) is 1. The predicted octanol–water partition coefficient (Wildman–Crippen LogP) is 0.864. The summed E-state index contributed by atoms with van der Waals surface area (Å²) in [4.78, 5) is 14.4. The third kappa shape index (κ3) is 3.36. The van der Waals surface area contributed by atoms with Crippen molar-refractivity contribution in [3.8, 4) is 0 Å². The number of morpholine rings is 1. The van der Waals surface area contributed by atoms with Gasteiger partial charge >= 0.3 is 0 Å². The summed E-state index contributed by atoms with van der Waals surface area (Å²) in [6.07, 6.45) is 1.88. The summed E-state index contributed by atoms with van der Waals surface area (Å²) in [5.41, 5.74) is 0.697. The minimum Gasteiger partial charge on any atom is -0.379 e.